The molecule has 178 valence electrons. The zero-order chi connectivity index (χ0) is 24.0. The normalized spacial score (nSPS) is 23.9. The number of oxime groups is 1. The minimum atomic E-state index is -1.43. The number of hydrogen-bond donors (Lipinski definition) is 2. The molecular weight excluding hydrogens is 506 g/mol. The number of fused-ring (bicyclic) bond motifs is 2. The minimum Gasteiger partial charge on any atom is -0.543 e. The highest BCUT2D eigenvalue weighted by Gasteiger charge is 2.53. The number of hydrogen-bond acceptors (Lipinski definition) is 13. The number of nitrogens with one attached hydrogen (secondary N) is 1. The minimum absolute atomic E-state index is 0.0362. The van der Waals surface area contributed by atoms with Crippen LogP contribution in [-0.4, -0.2) is 76.9 Å². The molecule has 3 aliphatic heterocycles. The molecule has 5 rings (SSSR count). The van der Waals surface area contributed by atoms with Crippen LogP contribution < -0.4 is 20.8 Å². The van der Waals surface area contributed by atoms with Crippen LogP contribution in [-0.2, 0) is 32.3 Å². The van der Waals surface area contributed by atoms with Crippen molar-refractivity contribution in [2.75, 3.05) is 18.6 Å². The lowest BCUT2D eigenvalue weighted by atomic mass is 10.0. The Hall–Kier alpha value is -3.18. The van der Waals surface area contributed by atoms with Crippen molar-refractivity contribution in [1.82, 2.24) is 29.2 Å². The maximum atomic E-state index is 12.9. The number of rotatable bonds is 7. The number of carbonyl (C=O) groups is 3. The molecule has 0 bridgehead atoms. The molecule has 0 radical (unpaired) electrons. The van der Waals surface area contributed by atoms with Crippen LogP contribution in [0, 0.1) is 0 Å². The Bertz CT molecular complexity index is 1220. The highest BCUT2D eigenvalue weighted by molar-refractivity contribution is 8.06. The van der Waals surface area contributed by atoms with E-state index >= 15 is 0 Å². The number of aliphatic carboxylic acids is 1. The summed E-state index contributed by atoms with van der Waals surface area (Å²) in [5, 5.41) is 17.9. The highest BCUT2D eigenvalue weighted by Crippen LogP contribution is 2.44. The molecule has 34 heavy (non-hydrogen) atoms. The van der Waals surface area contributed by atoms with E-state index in [-0.39, 0.29) is 27.6 Å². The van der Waals surface area contributed by atoms with Gasteiger partial charge in [-0.05, 0) is 4.98 Å². The summed E-state index contributed by atoms with van der Waals surface area (Å²) < 4.78 is 7.83. The summed E-state index contributed by atoms with van der Waals surface area (Å²) in [6, 6.07) is -0.953. The number of carboxylic acid groups (broad SMARTS) is 1. The Morgan fingerprint density at radius 3 is 2.97 bits per heavy atom. The fraction of sp³-hybridized carbons (Fsp3) is 0.412. The van der Waals surface area contributed by atoms with Gasteiger partial charge in [0.1, 0.15) is 25.1 Å². The van der Waals surface area contributed by atoms with Gasteiger partial charge in [-0.3, -0.25) is 14.5 Å². The topological polar surface area (TPSA) is 185 Å². The smallest absolute Gasteiger partial charge is 0.306 e. The van der Waals surface area contributed by atoms with Crippen LogP contribution in [0.2, 0.25) is 0 Å². The summed E-state index contributed by atoms with van der Waals surface area (Å²) in [5.41, 5.74) is 5.18. The summed E-state index contributed by atoms with van der Waals surface area (Å²) >= 11 is 3.66. The zero-order valence-corrected chi connectivity index (χ0v) is 19.9. The number of carbonyl (C=O) groups excluding carboxylic acids is 3. The first-order valence-corrected chi connectivity index (χ1v) is 12.5. The molecular formula is C17H17N9O5S3. The van der Waals surface area contributed by atoms with Crippen molar-refractivity contribution in [3.63, 3.8) is 0 Å². The molecule has 0 aliphatic carbocycles. The van der Waals surface area contributed by atoms with Gasteiger partial charge in [-0.1, -0.05) is 5.16 Å². The second-order valence-corrected chi connectivity index (χ2v) is 10.6. The van der Waals surface area contributed by atoms with E-state index in [0.29, 0.717) is 23.7 Å². The largest absolute Gasteiger partial charge is 0.543 e. The van der Waals surface area contributed by atoms with Gasteiger partial charge in [0.2, 0.25) is 17.9 Å². The number of aromatic nitrogens is 5. The number of anilines is 1. The van der Waals surface area contributed by atoms with Gasteiger partial charge in [-0.2, -0.15) is 18.7 Å². The van der Waals surface area contributed by atoms with E-state index in [0.717, 1.165) is 11.5 Å². The van der Waals surface area contributed by atoms with Gasteiger partial charge in [0.05, 0.1) is 23.5 Å². The van der Waals surface area contributed by atoms with Crippen molar-refractivity contribution in [2.45, 2.75) is 29.8 Å². The summed E-state index contributed by atoms with van der Waals surface area (Å²) in [5.74, 6) is -2.39. The quantitative estimate of drug-likeness (QED) is 0.164. The van der Waals surface area contributed by atoms with E-state index in [4.69, 9.17) is 10.6 Å². The molecule has 0 spiro atoms. The second-order valence-electron chi connectivity index (χ2n) is 7.36. The van der Waals surface area contributed by atoms with Gasteiger partial charge in [-0.25, -0.2) is 0 Å². The first kappa shape index (κ1) is 22.6. The van der Waals surface area contributed by atoms with Crippen LogP contribution in [0.4, 0.5) is 5.13 Å². The van der Waals surface area contributed by atoms with E-state index in [2.05, 4.69) is 24.8 Å². The molecule has 14 nitrogen and oxygen atoms in total. The molecule has 1 saturated heterocycles. The number of amides is 2. The summed E-state index contributed by atoms with van der Waals surface area (Å²) in [4.78, 5) is 52.1. The molecule has 3 N–H and O–H groups in total. The van der Waals surface area contributed by atoms with E-state index in [9.17, 15) is 19.5 Å². The van der Waals surface area contributed by atoms with Crippen molar-refractivity contribution >= 4 is 63.7 Å². The summed E-state index contributed by atoms with van der Waals surface area (Å²) in [7, 11) is 1.25. The standard InChI is InChI=1S/C17H17N9O5S3/c1-31-22-9(12-21-17(18)34-23-12)13(27)20-10-14(28)26-11(16(29)30)8(4-32-15(10)26)33-7-2-24-5-19-6-25(24)3-7/h5-7,10,15H,2-4H2,1H3,(H3-,18,20,21,23,27,29,30)/b22-9-. The van der Waals surface area contributed by atoms with Crippen LogP contribution in [0.25, 0.3) is 0 Å². The monoisotopic (exact) mass is 523 g/mol. The maximum Gasteiger partial charge on any atom is 0.306 e. The molecule has 0 saturated carbocycles. The fourth-order valence-corrected chi connectivity index (χ4v) is 7.11. The SMILES string of the molecule is CO/N=C(\C(=O)NC1C(=O)N2C(C(=O)[O-])=C(SC3Cn4cnc[n+]4C3)CSC12)c1nsc(N)n1. The average Bonchev–Trinajstić information content (AvgIpc) is 3.51. The average molecular weight is 524 g/mol. The van der Waals surface area contributed by atoms with Gasteiger partial charge < -0.3 is 25.8 Å². The maximum absolute atomic E-state index is 12.9. The van der Waals surface area contributed by atoms with Crippen LogP contribution >= 0.6 is 35.1 Å². The molecule has 2 atom stereocenters. The van der Waals surface area contributed by atoms with Crippen molar-refractivity contribution in [2.24, 2.45) is 5.16 Å². The van der Waals surface area contributed by atoms with Gasteiger partial charge in [0.15, 0.2) is 5.13 Å². The Morgan fingerprint density at radius 2 is 2.29 bits per heavy atom. The summed E-state index contributed by atoms with van der Waals surface area (Å²) in [6.07, 6.45) is 3.42. The molecule has 1 fully saturated rings. The number of β-lactam (4-membered cyclic amide) rings is 1. The Labute approximate surface area is 204 Å². The van der Waals surface area contributed by atoms with Gasteiger partial charge in [0, 0.05) is 22.2 Å². The van der Waals surface area contributed by atoms with Gasteiger partial charge in [0.25, 0.3) is 11.8 Å². The third kappa shape index (κ3) is 3.88. The number of thioether (sulfide) groups is 2. The highest BCUT2D eigenvalue weighted by atomic mass is 32.2. The predicted molar refractivity (Wildman–Crippen MR) is 119 cm³/mol. The van der Waals surface area contributed by atoms with Gasteiger partial charge in [-0.15, -0.1) is 23.5 Å². The molecule has 3 aliphatic rings. The molecule has 2 aromatic heterocycles. The van der Waals surface area contributed by atoms with E-state index in [1.807, 2.05) is 9.36 Å². The third-order valence-corrected chi connectivity index (χ3v) is 8.54. The molecule has 0 aromatic carbocycles. The van der Waals surface area contributed by atoms with Crippen molar-refractivity contribution in [3.8, 4) is 0 Å². The lowest BCUT2D eigenvalue weighted by Crippen LogP contribution is -2.71. The Morgan fingerprint density at radius 1 is 1.47 bits per heavy atom. The second kappa shape index (κ2) is 8.88. The molecule has 2 unspecified atom stereocenters. The first-order chi connectivity index (χ1) is 16.4. The number of nitrogens with two attached hydrogens (primary N) is 1. The van der Waals surface area contributed by atoms with Crippen molar-refractivity contribution in [1.29, 1.82) is 0 Å². The van der Waals surface area contributed by atoms with Crippen LogP contribution in [0.3, 0.4) is 0 Å². The predicted octanol–water partition coefficient (Wildman–Crippen LogP) is -2.87. The molecule has 2 aromatic rings. The zero-order valence-electron chi connectivity index (χ0n) is 17.5. The Balaban J connectivity index is 1.31. The number of nitrogen functional groups attached to an aromatic ring is 1. The van der Waals surface area contributed by atoms with Crippen molar-refractivity contribution in [3.05, 3.63) is 29.1 Å². The fourth-order valence-electron chi connectivity index (χ4n) is 3.86. The van der Waals surface area contributed by atoms with Gasteiger partial charge >= 0.3 is 6.33 Å². The molecule has 2 amide bonds. The van der Waals surface area contributed by atoms with Crippen LogP contribution in [0.1, 0.15) is 5.82 Å². The number of carboxylic acids is 1. The molecule has 17 heteroatoms. The number of nitrogens with zero attached hydrogens (tertiary/aromatic N) is 7. The first-order valence-electron chi connectivity index (χ1n) is 9.84. The lowest BCUT2D eigenvalue weighted by molar-refractivity contribution is -0.758. The molecule has 5 heterocycles. The van der Waals surface area contributed by atoms with Crippen molar-refractivity contribution < 1.29 is 29.0 Å². The van der Waals surface area contributed by atoms with E-state index < -0.39 is 29.2 Å². The Kier molecular flexibility index (Phi) is 5.90. The van der Waals surface area contributed by atoms with E-state index in [1.54, 1.807) is 12.7 Å². The van der Waals surface area contributed by atoms with E-state index in [1.165, 1.54) is 35.5 Å². The van der Waals surface area contributed by atoms with Crippen LogP contribution in [0.15, 0.2) is 28.4 Å². The third-order valence-electron chi connectivity index (χ3n) is 5.28. The lowest BCUT2D eigenvalue weighted by Gasteiger charge is -2.50. The van der Waals surface area contributed by atoms with Crippen LogP contribution in [0.5, 0.6) is 0 Å². The summed E-state index contributed by atoms with van der Waals surface area (Å²) in [6.45, 7) is 1.35.